The van der Waals surface area contributed by atoms with Gasteiger partial charge in [0.15, 0.2) is 5.96 Å². The smallest absolute Gasteiger partial charge is 0.193 e. The van der Waals surface area contributed by atoms with E-state index in [9.17, 15) is 0 Å². The van der Waals surface area contributed by atoms with E-state index in [-0.39, 0.29) is 0 Å². The van der Waals surface area contributed by atoms with Gasteiger partial charge in [0.25, 0.3) is 0 Å². The van der Waals surface area contributed by atoms with Crippen LogP contribution in [0.5, 0.6) is 0 Å². The first-order chi connectivity index (χ1) is 13.2. The SMILES string of the molecule is CN=C(NCC(C)CN1CCN(C)CC1)N1CCN(c2ccccc2)CC1. The van der Waals surface area contributed by atoms with Crippen molar-refractivity contribution in [1.29, 1.82) is 0 Å². The van der Waals surface area contributed by atoms with Gasteiger partial charge in [-0.3, -0.25) is 4.99 Å². The van der Waals surface area contributed by atoms with E-state index in [1.165, 1.54) is 38.4 Å². The van der Waals surface area contributed by atoms with Gasteiger partial charge in [0.1, 0.15) is 0 Å². The van der Waals surface area contributed by atoms with E-state index in [2.05, 4.69) is 74.2 Å². The lowest BCUT2D eigenvalue weighted by Gasteiger charge is -2.38. The van der Waals surface area contributed by atoms with Crippen LogP contribution in [0.1, 0.15) is 6.92 Å². The molecule has 0 amide bonds. The highest BCUT2D eigenvalue weighted by atomic mass is 15.3. The maximum absolute atomic E-state index is 4.53. The zero-order chi connectivity index (χ0) is 19.1. The second-order valence-electron chi connectivity index (χ2n) is 7.95. The quantitative estimate of drug-likeness (QED) is 0.622. The topological polar surface area (TPSA) is 37.4 Å². The van der Waals surface area contributed by atoms with Crippen molar-refractivity contribution >= 4 is 11.6 Å². The van der Waals surface area contributed by atoms with Crippen molar-refractivity contribution < 1.29 is 0 Å². The molecular weight excluding hydrogens is 336 g/mol. The normalized spacial score (nSPS) is 21.4. The average Bonchev–Trinajstić information content (AvgIpc) is 2.71. The van der Waals surface area contributed by atoms with Crippen LogP contribution in [0, 0.1) is 5.92 Å². The maximum Gasteiger partial charge on any atom is 0.193 e. The summed E-state index contributed by atoms with van der Waals surface area (Å²) in [5, 5.41) is 3.61. The number of para-hydroxylation sites is 1. The number of likely N-dealkylation sites (N-methyl/N-ethyl adjacent to an activating group) is 1. The van der Waals surface area contributed by atoms with Gasteiger partial charge in [-0.2, -0.15) is 0 Å². The fourth-order valence-corrected chi connectivity index (χ4v) is 3.95. The second kappa shape index (κ2) is 9.95. The highest BCUT2D eigenvalue weighted by Crippen LogP contribution is 2.15. The van der Waals surface area contributed by atoms with Gasteiger partial charge >= 0.3 is 0 Å². The molecule has 0 radical (unpaired) electrons. The van der Waals surface area contributed by atoms with Gasteiger partial charge < -0.3 is 24.9 Å². The second-order valence-corrected chi connectivity index (χ2v) is 7.95. The van der Waals surface area contributed by atoms with Crippen molar-refractivity contribution in [1.82, 2.24) is 20.0 Å². The molecule has 2 aliphatic rings. The van der Waals surface area contributed by atoms with Gasteiger partial charge in [-0.05, 0) is 25.1 Å². The van der Waals surface area contributed by atoms with Crippen LogP contribution in [0.3, 0.4) is 0 Å². The van der Waals surface area contributed by atoms with Crippen molar-refractivity contribution in [3.8, 4) is 0 Å². The number of benzene rings is 1. The summed E-state index contributed by atoms with van der Waals surface area (Å²) < 4.78 is 0. The molecule has 0 spiro atoms. The Balaban J connectivity index is 1.40. The van der Waals surface area contributed by atoms with E-state index in [1.54, 1.807) is 0 Å². The highest BCUT2D eigenvalue weighted by molar-refractivity contribution is 5.80. The lowest BCUT2D eigenvalue weighted by molar-refractivity contribution is 0.139. The minimum atomic E-state index is 0.621. The van der Waals surface area contributed by atoms with Gasteiger partial charge in [-0.25, -0.2) is 0 Å². The Labute approximate surface area is 164 Å². The number of hydrogen-bond acceptors (Lipinski definition) is 4. The van der Waals surface area contributed by atoms with Gasteiger partial charge in [0.2, 0.25) is 0 Å². The van der Waals surface area contributed by atoms with Crippen LogP contribution < -0.4 is 10.2 Å². The Kier molecular flexibility index (Phi) is 7.35. The van der Waals surface area contributed by atoms with Crippen molar-refractivity contribution in [2.45, 2.75) is 6.92 Å². The Hall–Kier alpha value is -1.79. The molecule has 0 aliphatic carbocycles. The van der Waals surface area contributed by atoms with Crippen LogP contribution in [-0.2, 0) is 0 Å². The summed E-state index contributed by atoms with van der Waals surface area (Å²) in [5.41, 5.74) is 1.32. The maximum atomic E-state index is 4.53. The van der Waals surface area contributed by atoms with Crippen molar-refractivity contribution in [3.05, 3.63) is 30.3 Å². The molecule has 1 unspecified atom stereocenters. The molecule has 1 N–H and O–H groups in total. The lowest BCUT2D eigenvalue weighted by atomic mass is 10.1. The first-order valence-electron chi connectivity index (χ1n) is 10.3. The third-order valence-electron chi connectivity index (χ3n) is 5.69. The standard InChI is InChI=1S/C21H36N6/c1-19(18-25-11-9-24(3)10-12-25)17-23-21(22-2)27-15-13-26(14-16-27)20-7-5-4-6-8-20/h4-8,19H,9-18H2,1-3H3,(H,22,23). The molecule has 0 saturated carbocycles. The fraction of sp³-hybridized carbons (Fsp3) is 0.667. The van der Waals surface area contributed by atoms with Gasteiger partial charge in [-0.15, -0.1) is 0 Å². The van der Waals surface area contributed by atoms with Crippen LogP contribution in [0.15, 0.2) is 35.3 Å². The number of hydrogen-bond donors (Lipinski definition) is 1. The van der Waals surface area contributed by atoms with E-state index in [1.807, 2.05) is 7.05 Å². The van der Waals surface area contributed by atoms with Crippen molar-refractivity contribution in [3.63, 3.8) is 0 Å². The zero-order valence-corrected chi connectivity index (χ0v) is 17.3. The summed E-state index contributed by atoms with van der Waals surface area (Å²) in [6.45, 7) is 13.4. The highest BCUT2D eigenvalue weighted by Gasteiger charge is 2.21. The lowest BCUT2D eigenvalue weighted by Crippen LogP contribution is -2.53. The number of rotatable bonds is 5. The van der Waals surface area contributed by atoms with Gasteiger partial charge in [0, 0.05) is 78.2 Å². The Morgan fingerprint density at radius 2 is 1.67 bits per heavy atom. The Bertz CT molecular complexity index is 574. The van der Waals surface area contributed by atoms with E-state index in [0.717, 1.165) is 38.7 Å². The molecule has 0 aromatic heterocycles. The molecule has 0 bridgehead atoms. The molecule has 150 valence electrons. The monoisotopic (exact) mass is 372 g/mol. The molecule has 6 heteroatoms. The molecule has 27 heavy (non-hydrogen) atoms. The van der Waals surface area contributed by atoms with Gasteiger partial charge in [-0.1, -0.05) is 25.1 Å². The van der Waals surface area contributed by atoms with Crippen molar-refractivity contribution in [2.75, 3.05) is 84.4 Å². The van der Waals surface area contributed by atoms with Crippen LogP contribution in [0.2, 0.25) is 0 Å². The third kappa shape index (κ3) is 5.84. The first-order valence-corrected chi connectivity index (χ1v) is 10.3. The molecule has 6 nitrogen and oxygen atoms in total. The Morgan fingerprint density at radius 1 is 1.00 bits per heavy atom. The summed E-state index contributed by atoms with van der Waals surface area (Å²) in [7, 11) is 4.11. The summed E-state index contributed by atoms with van der Waals surface area (Å²) in [6, 6.07) is 10.7. The molecule has 1 aromatic carbocycles. The third-order valence-corrected chi connectivity index (χ3v) is 5.69. The van der Waals surface area contributed by atoms with Crippen LogP contribution in [-0.4, -0.2) is 100 Å². The molecule has 1 atom stereocenters. The first kappa shape index (κ1) is 20.0. The van der Waals surface area contributed by atoms with Gasteiger partial charge in [0.05, 0.1) is 0 Å². The minimum absolute atomic E-state index is 0.621. The molecule has 1 aromatic rings. The minimum Gasteiger partial charge on any atom is -0.368 e. The van der Waals surface area contributed by atoms with Crippen LogP contribution >= 0.6 is 0 Å². The summed E-state index contributed by atoms with van der Waals surface area (Å²) in [6.07, 6.45) is 0. The number of guanidine groups is 1. The average molecular weight is 373 g/mol. The van der Waals surface area contributed by atoms with Crippen LogP contribution in [0.4, 0.5) is 5.69 Å². The number of aliphatic imine (C=N–C) groups is 1. The molecule has 2 heterocycles. The summed E-state index contributed by atoms with van der Waals surface area (Å²) >= 11 is 0. The van der Waals surface area contributed by atoms with Crippen LogP contribution in [0.25, 0.3) is 0 Å². The molecule has 2 saturated heterocycles. The number of nitrogens with zero attached hydrogens (tertiary/aromatic N) is 5. The predicted octanol–water partition coefficient (Wildman–Crippen LogP) is 1.27. The van der Waals surface area contributed by atoms with Crippen molar-refractivity contribution in [2.24, 2.45) is 10.9 Å². The zero-order valence-electron chi connectivity index (χ0n) is 17.3. The largest absolute Gasteiger partial charge is 0.368 e. The van der Waals surface area contributed by atoms with E-state index in [4.69, 9.17) is 0 Å². The van der Waals surface area contributed by atoms with E-state index >= 15 is 0 Å². The summed E-state index contributed by atoms with van der Waals surface area (Å²) in [5.74, 6) is 1.67. The predicted molar refractivity (Wildman–Crippen MR) is 115 cm³/mol. The fourth-order valence-electron chi connectivity index (χ4n) is 3.95. The molecule has 3 rings (SSSR count). The molecule has 2 fully saturated rings. The number of nitrogens with one attached hydrogen (secondary N) is 1. The summed E-state index contributed by atoms with van der Waals surface area (Å²) in [4.78, 5) is 14.4. The molecular formula is C21H36N6. The Morgan fingerprint density at radius 3 is 2.30 bits per heavy atom. The number of piperazine rings is 2. The molecule has 2 aliphatic heterocycles. The van der Waals surface area contributed by atoms with E-state index in [0.29, 0.717) is 5.92 Å². The number of anilines is 1. The van der Waals surface area contributed by atoms with E-state index < -0.39 is 0 Å².